The molecule has 0 spiro atoms. The number of rotatable bonds is 2. The van der Waals surface area contributed by atoms with Gasteiger partial charge in [-0.15, -0.1) is 0 Å². The van der Waals surface area contributed by atoms with Crippen LogP contribution >= 0.6 is 15.9 Å². The highest BCUT2D eigenvalue weighted by Gasteiger charge is 2.24. The predicted molar refractivity (Wildman–Crippen MR) is 66.0 cm³/mol. The summed E-state index contributed by atoms with van der Waals surface area (Å²) < 4.78 is 14.3. The van der Waals surface area contributed by atoms with Gasteiger partial charge in [-0.2, -0.15) is 0 Å². The van der Waals surface area contributed by atoms with Crippen LogP contribution in [0.15, 0.2) is 22.7 Å². The molecule has 0 amide bonds. The van der Waals surface area contributed by atoms with Gasteiger partial charge in [0, 0.05) is 4.47 Å². The van der Waals surface area contributed by atoms with Crippen molar-refractivity contribution in [1.29, 1.82) is 0 Å². The third-order valence-electron chi connectivity index (χ3n) is 3.02. The van der Waals surface area contributed by atoms with E-state index in [0.717, 1.165) is 25.7 Å². The van der Waals surface area contributed by atoms with Crippen LogP contribution in [-0.4, -0.2) is 17.3 Å². The minimum absolute atomic E-state index is 0.0399. The smallest absolute Gasteiger partial charge is 0.147 e. The molecule has 1 aliphatic carbocycles. The fraction of sp³-hybridized carbons (Fsp3) is 0.500. The summed E-state index contributed by atoms with van der Waals surface area (Å²) in [4.78, 5) is 0. The monoisotopic (exact) mass is 287 g/mol. The molecule has 0 heterocycles. The quantitative estimate of drug-likeness (QED) is 0.875. The molecule has 16 heavy (non-hydrogen) atoms. The summed E-state index contributed by atoms with van der Waals surface area (Å²) in [6.45, 7) is 0. The average Bonchev–Trinajstić information content (AvgIpc) is 2.26. The fourth-order valence-corrected chi connectivity index (χ4v) is 2.56. The van der Waals surface area contributed by atoms with E-state index >= 15 is 0 Å². The van der Waals surface area contributed by atoms with Gasteiger partial charge in [0.15, 0.2) is 0 Å². The van der Waals surface area contributed by atoms with Gasteiger partial charge in [0.1, 0.15) is 5.82 Å². The van der Waals surface area contributed by atoms with Gasteiger partial charge in [-0.3, -0.25) is 0 Å². The van der Waals surface area contributed by atoms with Crippen LogP contribution < -0.4 is 5.32 Å². The van der Waals surface area contributed by atoms with Crippen molar-refractivity contribution in [3.8, 4) is 0 Å². The normalized spacial score (nSPS) is 25.4. The van der Waals surface area contributed by atoms with E-state index in [2.05, 4.69) is 21.2 Å². The fourth-order valence-electron chi connectivity index (χ4n) is 2.10. The second-order valence-electron chi connectivity index (χ2n) is 4.20. The van der Waals surface area contributed by atoms with Crippen LogP contribution in [0, 0.1) is 5.82 Å². The lowest BCUT2D eigenvalue weighted by molar-refractivity contribution is 0.116. The molecule has 88 valence electrons. The number of aliphatic hydroxyl groups is 1. The summed E-state index contributed by atoms with van der Waals surface area (Å²) in [5.74, 6) is -0.285. The number of halogens is 2. The molecule has 1 aromatic carbocycles. The SMILES string of the molecule is O[C@@H]1CCCC[C@H]1Nc1c(F)cccc1Br. The molecular formula is C12H15BrFNO. The standard InChI is InChI=1S/C12H15BrFNO/c13-8-4-3-5-9(14)12(8)15-10-6-1-2-7-11(10)16/h3-5,10-11,15-16H,1-2,6-7H2/t10-,11-/m1/s1. The van der Waals surface area contributed by atoms with Crippen LogP contribution in [0.3, 0.4) is 0 Å². The van der Waals surface area contributed by atoms with E-state index in [4.69, 9.17) is 0 Å². The number of benzene rings is 1. The molecular weight excluding hydrogens is 273 g/mol. The largest absolute Gasteiger partial charge is 0.391 e. The Morgan fingerprint density at radius 1 is 1.31 bits per heavy atom. The second-order valence-corrected chi connectivity index (χ2v) is 5.05. The molecule has 2 N–H and O–H groups in total. The molecule has 0 bridgehead atoms. The van der Waals surface area contributed by atoms with Crippen molar-refractivity contribution in [1.82, 2.24) is 0 Å². The lowest BCUT2D eigenvalue weighted by atomic mass is 9.92. The first-order valence-corrected chi connectivity index (χ1v) is 6.36. The summed E-state index contributed by atoms with van der Waals surface area (Å²) in [6.07, 6.45) is 3.45. The Morgan fingerprint density at radius 3 is 2.75 bits per heavy atom. The Kier molecular flexibility index (Phi) is 3.82. The summed E-state index contributed by atoms with van der Waals surface area (Å²) in [7, 11) is 0. The highest BCUT2D eigenvalue weighted by Crippen LogP contribution is 2.29. The Morgan fingerprint density at radius 2 is 2.06 bits per heavy atom. The Labute approximate surface area is 103 Å². The van der Waals surface area contributed by atoms with Gasteiger partial charge in [0.2, 0.25) is 0 Å². The van der Waals surface area contributed by atoms with Crippen molar-refractivity contribution < 1.29 is 9.50 Å². The van der Waals surface area contributed by atoms with Gasteiger partial charge < -0.3 is 10.4 Å². The third kappa shape index (κ3) is 2.55. The molecule has 0 unspecified atom stereocenters. The van der Waals surface area contributed by atoms with Crippen molar-refractivity contribution in [2.45, 2.75) is 37.8 Å². The van der Waals surface area contributed by atoms with Gasteiger partial charge in [0.05, 0.1) is 17.8 Å². The number of para-hydroxylation sites is 1. The van der Waals surface area contributed by atoms with Crippen molar-refractivity contribution in [3.05, 3.63) is 28.5 Å². The summed E-state index contributed by atoms with van der Waals surface area (Å²) in [5.41, 5.74) is 0.452. The van der Waals surface area contributed by atoms with Gasteiger partial charge in [0.25, 0.3) is 0 Å². The van der Waals surface area contributed by atoms with E-state index in [1.54, 1.807) is 12.1 Å². The third-order valence-corrected chi connectivity index (χ3v) is 3.68. The van der Waals surface area contributed by atoms with E-state index < -0.39 is 0 Å². The molecule has 0 radical (unpaired) electrons. The maximum Gasteiger partial charge on any atom is 0.147 e. The average molecular weight is 288 g/mol. The molecule has 2 rings (SSSR count). The molecule has 1 aliphatic rings. The zero-order chi connectivity index (χ0) is 11.5. The van der Waals surface area contributed by atoms with Crippen LogP contribution in [-0.2, 0) is 0 Å². The minimum Gasteiger partial charge on any atom is -0.391 e. The number of nitrogens with one attached hydrogen (secondary N) is 1. The number of aliphatic hydroxyl groups excluding tert-OH is 1. The molecule has 2 atom stereocenters. The Hall–Kier alpha value is -0.610. The molecule has 2 nitrogen and oxygen atoms in total. The van der Waals surface area contributed by atoms with E-state index in [9.17, 15) is 9.50 Å². The van der Waals surface area contributed by atoms with Crippen LogP contribution in [0.5, 0.6) is 0 Å². The van der Waals surface area contributed by atoms with Crippen LogP contribution in [0.4, 0.5) is 10.1 Å². The summed E-state index contributed by atoms with van der Waals surface area (Å²) in [6, 6.07) is 4.83. The van der Waals surface area contributed by atoms with Crippen LogP contribution in [0.1, 0.15) is 25.7 Å². The molecule has 1 aromatic rings. The summed E-state index contributed by atoms with van der Waals surface area (Å²) >= 11 is 3.31. The predicted octanol–water partition coefficient (Wildman–Crippen LogP) is 3.30. The maximum atomic E-state index is 13.6. The molecule has 0 saturated heterocycles. The molecule has 0 aromatic heterocycles. The second kappa shape index (κ2) is 5.15. The highest BCUT2D eigenvalue weighted by molar-refractivity contribution is 9.10. The molecule has 1 fully saturated rings. The number of hydrogen-bond acceptors (Lipinski definition) is 2. The maximum absolute atomic E-state index is 13.6. The van der Waals surface area contributed by atoms with E-state index in [1.807, 2.05) is 0 Å². The lowest BCUT2D eigenvalue weighted by Gasteiger charge is -2.29. The first kappa shape index (κ1) is 11.9. The van der Waals surface area contributed by atoms with E-state index in [0.29, 0.717) is 10.2 Å². The highest BCUT2D eigenvalue weighted by atomic mass is 79.9. The zero-order valence-corrected chi connectivity index (χ0v) is 10.5. The molecule has 4 heteroatoms. The molecule has 1 saturated carbocycles. The number of hydrogen-bond donors (Lipinski definition) is 2. The lowest BCUT2D eigenvalue weighted by Crippen LogP contribution is -2.36. The van der Waals surface area contributed by atoms with E-state index in [1.165, 1.54) is 6.07 Å². The Bertz CT molecular complexity index is 352. The minimum atomic E-state index is -0.375. The van der Waals surface area contributed by atoms with Crippen molar-refractivity contribution in [3.63, 3.8) is 0 Å². The first-order valence-electron chi connectivity index (χ1n) is 5.57. The van der Waals surface area contributed by atoms with Gasteiger partial charge in [-0.1, -0.05) is 18.9 Å². The van der Waals surface area contributed by atoms with Gasteiger partial charge in [-0.25, -0.2) is 4.39 Å². The first-order chi connectivity index (χ1) is 7.68. The van der Waals surface area contributed by atoms with Gasteiger partial charge >= 0.3 is 0 Å². The summed E-state index contributed by atoms with van der Waals surface area (Å²) in [5, 5.41) is 12.9. The van der Waals surface area contributed by atoms with E-state index in [-0.39, 0.29) is 18.0 Å². The van der Waals surface area contributed by atoms with Crippen molar-refractivity contribution >= 4 is 21.6 Å². The van der Waals surface area contributed by atoms with Crippen molar-refractivity contribution in [2.75, 3.05) is 5.32 Å². The van der Waals surface area contributed by atoms with Crippen molar-refractivity contribution in [2.24, 2.45) is 0 Å². The van der Waals surface area contributed by atoms with Crippen LogP contribution in [0.25, 0.3) is 0 Å². The van der Waals surface area contributed by atoms with Gasteiger partial charge in [-0.05, 0) is 40.9 Å². The topological polar surface area (TPSA) is 32.3 Å². The Balaban J connectivity index is 2.13. The zero-order valence-electron chi connectivity index (χ0n) is 8.92. The van der Waals surface area contributed by atoms with Crippen LogP contribution in [0.2, 0.25) is 0 Å². The molecule has 0 aliphatic heterocycles. The number of anilines is 1.